The Morgan fingerprint density at radius 2 is 1.67 bits per heavy atom. The fraction of sp³-hybridized carbons (Fsp3) is 0.571. The summed E-state index contributed by atoms with van der Waals surface area (Å²) in [5.41, 5.74) is -3.50. The summed E-state index contributed by atoms with van der Waals surface area (Å²) in [7, 11) is 0. The molecule has 0 unspecified atom stereocenters. The predicted molar refractivity (Wildman–Crippen MR) is 80.0 cm³/mol. The third kappa shape index (κ3) is 3.92. The lowest BCUT2D eigenvalue weighted by Crippen LogP contribution is -2.28. The summed E-state index contributed by atoms with van der Waals surface area (Å²) in [5.74, 6) is 0.262. The van der Waals surface area contributed by atoms with Crippen LogP contribution in [0.3, 0.4) is 0 Å². The highest BCUT2D eigenvalue weighted by atomic mass is 19.4. The summed E-state index contributed by atoms with van der Waals surface area (Å²) in [6, 6.07) is 0.746. The van der Waals surface area contributed by atoms with Crippen LogP contribution in [-0.2, 0) is 6.18 Å². The van der Waals surface area contributed by atoms with Crippen LogP contribution >= 0.6 is 0 Å². The molecule has 1 aliphatic rings. The smallest absolute Gasteiger partial charge is 0.360 e. The number of halogens is 3. The van der Waals surface area contributed by atoms with Crippen molar-refractivity contribution < 1.29 is 23.0 Å². The Morgan fingerprint density at radius 1 is 1.17 bits per heavy atom. The van der Waals surface area contributed by atoms with Gasteiger partial charge in [-0.3, -0.25) is 20.2 Å². The molecule has 1 fully saturated rings. The Kier molecular flexibility index (Phi) is 4.95. The SMILES string of the molecule is CCCN(CC1CC1)c1c([N+](=O)[O-])cc(C(F)(F)F)cc1[N+](=O)[O-]. The molecule has 1 aromatic carbocycles. The summed E-state index contributed by atoms with van der Waals surface area (Å²) in [6.07, 6.45) is -2.53. The van der Waals surface area contributed by atoms with Crippen LogP contribution in [0.25, 0.3) is 0 Å². The van der Waals surface area contributed by atoms with Gasteiger partial charge < -0.3 is 4.90 Å². The Morgan fingerprint density at radius 3 is 2.00 bits per heavy atom. The van der Waals surface area contributed by atoms with Gasteiger partial charge in [0.1, 0.15) is 0 Å². The quantitative estimate of drug-likeness (QED) is 0.546. The third-order valence-corrected chi connectivity index (χ3v) is 3.78. The average Bonchev–Trinajstić information content (AvgIpc) is 3.28. The van der Waals surface area contributed by atoms with Crippen molar-refractivity contribution in [3.05, 3.63) is 37.9 Å². The fourth-order valence-corrected chi connectivity index (χ4v) is 2.55. The maximum absolute atomic E-state index is 12.9. The Balaban J connectivity index is 2.65. The molecule has 7 nitrogen and oxygen atoms in total. The zero-order chi connectivity index (χ0) is 18.1. The summed E-state index contributed by atoms with van der Waals surface area (Å²) >= 11 is 0. The van der Waals surface area contributed by atoms with E-state index >= 15 is 0 Å². The lowest BCUT2D eigenvalue weighted by Gasteiger charge is -2.24. The van der Waals surface area contributed by atoms with E-state index in [1.807, 2.05) is 0 Å². The third-order valence-electron chi connectivity index (χ3n) is 3.78. The van der Waals surface area contributed by atoms with E-state index < -0.39 is 33.0 Å². The molecular weight excluding hydrogens is 331 g/mol. The summed E-state index contributed by atoms with van der Waals surface area (Å²) in [4.78, 5) is 22.0. The van der Waals surface area contributed by atoms with Crippen molar-refractivity contribution in [3.63, 3.8) is 0 Å². The van der Waals surface area contributed by atoms with Gasteiger partial charge in [0.2, 0.25) is 0 Å². The number of nitro benzene ring substituents is 2. The molecule has 2 rings (SSSR count). The van der Waals surface area contributed by atoms with E-state index in [1.54, 1.807) is 6.92 Å². The summed E-state index contributed by atoms with van der Waals surface area (Å²) in [5, 5.41) is 22.5. The Hall–Kier alpha value is -2.39. The predicted octanol–water partition coefficient (Wildman–Crippen LogP) is 4.15. The molecule has 0 heterocycles. The van der Waals surface area contributed by atoms with Crippen molar-refractivity contribution in [2.75, 3.05) is 18.0 Å². The van der Waals surface area contributed by atoms with E-state index in [0.717, 1.165) is 12.8 Å². The highest BCUT2D eigenvalue weighted by Gasteiger charge is 2.40. The van der Waals surface area contributed by atoms with Crippen molar-refractivity contribution in [2.24, 2.45) is 5.92 Å². The molecule has 1 saturated carbocycles. The van der Waals surface area contributed by atoms with Crippen LogP contribution in [0.1, 0.15) is 31.7 Å². The largest absolute Gasteiger partial charge is 0.416 e. The number of nitrogens with zero attached hydrogens (tertiary/aromatic N) is 3. The van der Waals surface area contributed by atoms with Gasteiger partial charge in [-0.25, -0.2) is 0 Å². The molecule has 0 N–H and O–H groups in total. The monoisotopic (exact) mass is 347 g/mol. The fourth-order valence-electron chi connectivity index (χ4n) is 2.55. The van der Waals surface area contributed by atoms with Crippen LogP contribution in [-0.4, -0.2) is 22.9 Å². The first kappa shape index (κ1) is 18.0. The van der Waals surface area contributed by atoms with Crippen LogP contribution in [0.15, 0.2) is 12.1 Å². The number of benzene rings is 1. The molecule has 0 saturated heterocycles. The van der Waals surface area contributed by atoms with Crippen molar-refractivity contribution in [3.8, 4) is 0 Å². The van der Waals surface area contributed by atoms with Crippen molar-refractivity contribution >= 4 is 17.1 Å². The standard InChI is InChI=1S/C14H16F3N3O4/c1-2-5-18(8-9-3-4-9)13-11(19(21)22)6-10(14(15,16)17)7-12(13)20(23)24/h6-7,9H,2-5,8H2,1H3. The molecular formula is C14H16F3N3O4. The van der Waals surface area contributed by atoms with Crippen molar-refractivity contribution in [2.45, 2.75) is 32.4 Å². The number of hydrogen-bond acceptors (Lipinski definition) is 5. The molecule has 0 aliphatic heterocycles. The van der Waals surface area contributed by atoms with Crippen LogP contribution < -0.4 is 4.90 Å². The minimum absolute atomic E-state index is 0.262. The molecule has 0 bridgehead atoms. The Labute approximate surface area is 135 Å². The highest BCUT2D eigenvalue weighted by Crippen LogP contribution is 2.44. The van der Waals surface area contributed by atoms with Crippen molar-refractivity contribution in [1.82, 2.24) is 0 Å². The van der Waals surface area contributed by atoms with Gasteiger partial charge in [-0.2, -0.15) is 13.2 Å². The minimum atomic E-state index is -4.90. The summed E-state index contributed by atoms with van der Waals surface area (Å²) < 4.78 is 38.8. The zero-order valence-corrected chi connectivity index (χ0v) is 12.9. The number of nitro groups is 2. The first-order chi connectivity index (χ1) is 11.1. The van der Waals surface area contributed by atoms with Crippen LogP contribution in [0.2, 0.25) is 0 Å². The maximum Gasteiger partial charge on any atom is 0.416 e. The molecule has 0 amide bonds. The van der Waals surface area contributed by atoms with E-state index in [0.29, 0.717) is 31.6 Å². The minimum Gasteiger partial charge on any atom is -0.360 e. The van der Waals surface area contributed by atoms with Crippen LogP contribution in [0, 0.1) is 26.1 Å². The van der Waals surface area contributed by atoms with E-state index in [-0.39, 0.29) is 11.6 Å². The van der Waals surface area contributed by atoms with E-state index in [2.05, 4.69) is 0 Å². The van der Waals surface area contributed by atoms with Gasteiger partial charge in [0.05, 0.1) is 15.4 Å². The summed E-state index contributed by atoms with van der Waals surface area (Å²) in [6.45, 7) is 2.45. The maximum atomic E-state index is 12.9. The van der Waals surface area contributed by atoms with Gasteiger partial charge in [-0.15, -0.1) is 0 Å². The second kappa shape index (κ2) is 6.62. The first-order valence-corrected chi connectivity index (χ1v) is 7.44. The number of rotatable bonds is 7. The molecule has 0 atom stereocenters. The molecule has 0 radical (unpaired) electrons. The molecule has 1 aliphatic carbocycles. The zero-order valence-electron chi connectivity index (χ0n) is 12.9. The second-order valence-corrected chi connectivity index (χ2v) is 5.76. The van der Waals surface area contributed by atoms with E-state index in [1.165, 1.54) is 4.90 Å². The molecule has 0 spiro atoms. The van der Waals surface area contributed by atoms with Crippen LogP contribution in [0.4, 0.5) is 30.2 Å². The normalized spacial score (nSPS) is 14.5. The average molecular weight is 347 g/mol. The molecule has 1 aromatic rings. The molecule has 132 valence electrons. The lowest BCUT2D eigenvalue weighted by molar-refractivity contribution is -0.393. The van der Waals surface area contributed by atoms with Gasteiger partial charge in [-0.1, -0.05) is 6.92 Å². The van der Waals surface area contributed by atoms with Gasteiger partial charge in [0.25, 0.3) is 11.4 Å². The number of hydrogen-bond donors (Lipinski definition) is 0. The molecule has 24 heavy (non-hydrogen) atoms. The first-order valence-electron chi connectivity index (χ1n) is 7.44. The number of alkyl halides is 3. The van der Waals surface area contributed by atoms with Gasteiger partial charge in [0, 0.05) is 25.2 Å². The highest BCUT2D eigenvalue weighted by molar-refractivity contribution is 5.76. The van der Waals surface area contributed by atoms with E-state index in [9.17, 15) is 33.4 Å². The lowest BCUT2D eigenvalue weighted by atomic mass is 10.1. The van der Waals surface area contributed by atoms with Crippen molar-refractivity contribution in [1.29, 1.82) is 0 Å². The van der Waals surface area contributed by atoms with Gasteiger partial charge in [0.15, 0.2) is 5.69 Å². The molecule has 10 heteroatoms. The topological polar surface area (TPSA) is 89.5 Å². The second-order valence-electron chi connectivity index (χ2n) is 5.76. The van der Waals surface area contributed by atoms with E-state index in [4.69, 9.17) is 0 Å². The number of anilines is 1. The van der Waals surface area contributed by atoms with Crippen LogP contribution in [0.5, 0.6) is 0 Å². The molecule has 0 aromatic heterocycles. The Bertz CT molecular complexity index is 624. The van der Waals surface area contributed by atoms with Gasteiger partial charge >= 0.3 is 6.18 Å². The van der Waals surface area contributed by atoms with Gasteiger partial charge in [-0.05, 0) is 25.2 Å².